The quantitative estimate of drug-likeness (QED) is 0.462. The van der Waals surface area contributed by atoms with Gasteiger partial charge in [-0.15, -0.1) is 0 Å². The Bertz CT molecular complexity index is 1260. The molecule has 178 valence electrons. The van der Waals surface area contributed by atoms with E-state index in [2.05, 4.69) is 5.32 Å². The van der Waals surface area contributed by atoms with Gasteiger partial charge in [0, 0.05) is 5.56 Å². The third-order valence-corrected chi connectivity index (χ3v) is 5.96. The van der Waals surface area contributed by atoms with E-state index >= 15 is 0 Å². The molecule has 3 aromatic carbocycles. The third-order valence-electron chi connectivity index (χ3n) is 4.37. The van der Waals surface area contributed by atoms with Crippen LogP contribution in [0.1, 0.15) is 15.9 Å². The summed E-state index contributed by atoms with van der Waals surface area (Å²) in [6.45, 7) is -0.609. The lowest BCUT2D eigenvalue weighted by Gasteiger charge is -2.24. The SMILES string of the molecule is O=C(O)CNC(=O)c1ccc(S(=O)(=O)N(Oc2ccc(C(F)(F)F)cc2)c2ccccc2)cc1. The Balaban J connectivity index is 1.91. The molecule has 0 saturated heterocycles. The molecule has 0 heterocycles. The molecule has 34 heavy (non-hydrogen) atoms. The molecule has 0 spiro atoms. The molecule has 12 heteroatoms. The summed E-state index contributed by atoms with van der Waals surface area (Å²) in [4.78, 5) is 27.7. The molecule has 0 aliphatic heterocycles. The number of carbonyl (C=O) groups excluding carboxylic acids is 1. The van der Waals surface area contributed by atoms with Crippen LogP contribution in [-0.2, 0) is 21.0 Å². The lowest BCUT2D eigenvalue weighted by molar-refractivity contribution is -0.138. The highest BCUT2D eigenvalue weighted by Gasteiger charge is 2.31. The van der Waals surface area contributed by atoms with Crippen LogP contribution in [0.3, 0.4) is 0 Å². The van der Waals surface area contributed by atoms with E-state index < -0.39 is 40.2 Å². The molecule has 0 radical (unpaired) electrons. The summed E-state index contributed by atoms with van der Waals surface area (Å²) in [5, 5.41) is 10.8. The maximum atomic E-state index is 13.3. The van der Waals surface area contributed by atoms with Crippen molar-refractivity contribution in [2.75, 3.05) is 11.0 Å². The van der Waals surface area contributed by atoms with E-state index in [1.54, 1.807) is 18.2 Å². The second kappa shape index (κ2) is 9.83. The lowest BCUT2D eigenvalue weighted by Crippen LogP contribution is -2.34. The molecule has 0 aliphatic carbocycles. The number of nitrogens with zero attached hydrogens (tertiary/aromatic N) is 1. The number of hydrogen-bond acceptors (Lipinski definition) is 5. The van der Waals surface area contributed by atoms with Crippen LogP contribution in [0, 0.1) is 0 Å². The molecule has 1 amide bonds. The molecule has 0 aromatic heterocycles. The third kappa shape index (κ3) is 5.84. The number of anilines is 1. The van der Waals surface area contributed by atoms with Gasteiger partial charge < -0.3 is 15.3 Å². The smallest absolute Gasteiger partial charge is 0.416 e. The highest BCUT2D eigenvalue weighted by atomic mass is 32.2. The molecule has 0 bridgehead atoms. The summed E-state index contributed by atoms with van der Waals surface area (Å²) < 4.78 is 65.6. The van der Waals surface area contributed by atoms with Crippen LogP contribution in [0.5, 0.6) is 5.75 Å². The average molecular weight is 494 g/mol. The zero-order valence-electron chi connectivity index (χ0n) is 17.2. The molecular formula is C22H17F3N2O6S. The van der Waals surface area contributed by atoms with E-state index in [0.717, 1.165) is 36.4 Å². The number of benzene rings is 3. The molecule has 8 nitrogen and oxygen atoms in total. The van der Waals surface area contributed by atoms with Crippen molar-refractivity contribution in [3.8, 4) is 5.75 Å². The minimum Gasteiger partial charge on any atom is -0.480 e. The van der Waals surface area contributed by atoms with Crippen LogP contribution in [0.2, 0.25) is 0 Å². The van der Waals surface area contributed by atoms with Crippen LogP contribution < -0.4 is 14.6 Å². The number of nitrogens with one attached hydrogen (secondary N) is 1. The Hall–Kier alpha value is -4.06. The van der Waals surface area contributed by atoms with E-state index in [-0.39, 0.29) is 21.9 Å². The van der Waals surface area contributed by atoms with Gasteiger partial charge in [-0.2, -0.15) is 21.6 Å². The van der Waals surface area contributed by atoms with Crippen LogP contribution in [-0.4, -0.2) is 31.9 Å². The number of carboxylic acid groups (broad SMARTS) is 1. The van der Waals surface area contributed by atoms with Gasteiger partial charge in [0.05, 0.1) is 16.1 Å². The fourth-order valence-corrected chi connectivity index (χ4v) is 3.98. The average Bonchev–Trinajstić information content (AvgIpc) is 2.81. The normalized spacial score (nSPS) is 11.5. The number of carboxylic acids is 1. The molecular weight excluding hydrogens is 477 g/mol. The van der Waals surface area contributed by atoms with E-state index in [9.17, 15) is 31.2 Å². The number of amides is 1. The fraction of sp³-hybridized carbons (Fsp3) is 0.0909. The molecule has 0 saturated carbocycles. The Morgan fingerprint density at radius 1 is 0.912 bits per heavy atom. The number of aliphatic carboxylic acids is 1. The predicted molar refractivity (Wildman–Crippen MR) is 115 cm³/mol. The molecule has 3 aromatic rings. The number of sulfonamides is 1. The second-order valence-electron chi connectivity index (χ2n) is 6.78. The van der Waals surface area contributed by atoms with Gasteiger partial charge in [0.15, 0.2) is 5.75 Å². The van der Waals surface area contributed by atoms with Crippen molar-refractivity contribution in [1.82, 2.24) is 5.32 Å². The zero-order chi connectivity index (χ0) is 24.9. The molecule has 0 unspecified atom stereocenters. The van der Waals surface area contributed by atoms with Crippen molar-refractivity contribution in [1.29, 1.82) is 0 Å². The van der Waals surface area contributed by atoms with Gasteiger partial charge >= 0.3 is 12.1 Å². The molecule has 0 atom stereocenters. The van der Waals surface area contributed by atoms with E-state index in [4.69, 9.17) is 9.94 Å². The summed E-state index contributed by atoms with van der Waals surface area (Å²) in [6, 6.07) is 15.7. The Kier molecular flexibility index (Phi) is 7.11. The largest absolute Gasteiger partial charge is 0.480 e. The standard InChI is InChI=1S/C22H17F3N2O6S/c23-22(24,25)16-8-10-18(11-9-16)33-27(17-4-2-1-3-5-17)34(31,32)19-12-6-15(7-13-19)21(30)26-14-20(28)29/h1-13H,14H2,(H,26,30)(H,28,29). The minimum atomic E-state index is -4.57. The van der Waals surface area contributed by atoms with Crippen molar-refractivity contribution >= 4 is 27.6 Å². The summed E-state index contributed by atoms with van der Waals surface area (Å²) in [6.07, 6.45) is -4.57. The number of alkyl halides is 3. The second-order valence-corrected chi connectivity index (χ2v) is 8.54. The minimum absolute atomic E-state index is 0.0233. The predicted octanol–water partition coefficient (Wildman–Crippen LogP) is 3.71. The van der Waals surface area contributed by atoms with E-state index in [1.807, 2.05) is 0 Å². The van der Waals surface area contributed by atoms with Crippen molar-refractivity contribution in [3.63, 3.8) is 0 Å². The van der Waals surface area contributed by atoms with Crippen molar-refractivity contribution in [2.45, 2.75) is 11.1 Å². The highest BCUT2D eigenvalue weighted by molar-refractivity contribution is 7.92. The summed E-state index contributed by atoms with van der Waals surface area (Å²) in [7, 11) is -4.40. The van der Waals surface area contributed by atoms with Crippen molar-refractivity contribution in [3.05, 3.63) is 90.0 Å². The number of para-hydroxylation sites is 1. The van der Waals surface area contributed by atoms with E-state index in [1.165, 1.54) is 24.3 Å². The van der Waals surface area contributed by atoms with Gasteiger partial charge in [0.2, 0.25) is 0 Å². The van der Waals surface area contributed by atoms with Gasteiger partial charge in [0.1, 0.15) is 6.54 Å². The number of rotatable bonds is 8. The zero-order valence-corrected chi connectivity index (χ0v) is 18.0. The maximum absolute atomic E-state index is 13.3. The number of carbonyl (C=O) groups is 2. The fourth-order valence-electron chi connectivity index (χ4n) is 2.72. The van der Waals surface area contributed by atoms with Gasteiger partial charge in [0.25, 0.3) is 15.9 Å². The first-order valence-electron chi connectivity index (χ1n) is 9.54. The first kappa shape index (κ1) is 24.6. The van der Waals surface area contributed by atoms with Gasteiger partial charge in [-0.05, 0) is 60.7 Å². The topological polar surface area (TPSA) is 113 Å². The first-order valence-corrected chi connectivity index (χ1v) is 11.0. The number of halogens is 3. The van der Waals surface area contributed by atoms with Crippen LogP contribution >= 0.6 is 0 Å². The van der Waals surface area contributed by atoms with E-state index in [0.29, 0.717) is 4.47 Å². The molecule has 3 rings (SSSR count). The van der Waals surface area contributed by atoms with Gasteiger partial charge in [-0.1, -0.05) is 22.7 Å². The van der Waals surface area contributed by atoms with Crippen molar-refractivity contribution in [2.24, 2.45) is 0 Å². The van der Waals surface area contributed by atoms with Crippen LogP contribution in [0.4, 0.5) is 18.9 Å². The first-order chi connectivity index (χ1) is 16.0. The summed E-state index contributed by atoms with van der Waals surface area (Å²) in [5.41, 5.74) is -0.827. The summed E-state index contributed by atoms with van der Waals surface area (Å²) in [5.74, 6) is -2.12. The monoisotopic (exact) mass is 494 g/mol. The van der Waals surface area contributed by atoms with Gasteiger partial charge in [-0.3, -0.25) is 9.59 Å². The molecule has 0 aliphatic rings. The molecule has 0 fully saturated rings. The molecule has 2 N–H and O–H groups in total. The van der Waals surface area contributed by atoms with Crippen LogP contribution in [0.15, 0.2) is 83.8 Å². The Morgan fingerprint density at radius 2 is 1.50 bits per heavy atom. The van der Waals surface area contributed by atoms with Crippen molar-refractivity contribution < 1.29 is 41.1 Å². The van der Waals surface area contributed by atoms with Gasteiger partial charge in [-0.25, -0.2) is 0 Å². The lowest BCUT2D eigenvalue weighted by atomic mass is 10.2. The Morgan fingerprint density at radius 3 is 2.03 bits per heavy atom. The highest BCUT2D eigenvalue weighted by Crippen LogP contribution is 2.31. The van der Waals surface area contributed by atoms with Crippen LogP contribution in [0.25, 0.3) is 0 Å². The Labute approximate surface area is 192 Å². The summed E-state index contributed by atoms with van der Waals surface area (Å²) >= 11 is 0. The maximum Gasteiger partial charge on any atom is 0.416 e. The number of hydrogen-bond donors (Lipinski definition) is 2.